The van der Waals surface area contributed by atoms with Gasteiger partial charge in [-0.05, 0) is 74.2 Å². The van der Waals surface area contributed by atoms with Crippen molar-refractivity contribution in [3.63, 3.8) is 0 Å². The number of nitrogens with one attached hydrogen (secondary N) is 1. The molecule has 246 valence electrons. The Kier molecular flexibility index (Phi) is 10.8. The number of imidazole rings is 1. The summed E-state index contributed by atoms with van der Waals surface area (Å²) in [7, 11) is 0. The van der Waals surface area contributed by atoms with E-state index >= 15 is 0 Å². The Morgan fingerprint density at radius 2 is 1.76 bits per heavy atom. The number of primary amides is 2. The van der Waals surface area contributed by atoms with E-state index in [9.17, 15) is 24.6 Å². The standard InChI is InChI=1S/C34H49N5O6/c35-31(42)28(19-25-20-37-21-38-25)34(16-15-22-8-3-1-4-9-22)27(12-7-17-39(34)33(44)45-32(36)43)26(18-23-10-5-2-6-11-23)30(41)29(40)24-13-14-24/h1,3-4,8-9,20-21,23-24,26-30,40-41H,2,5-7,10-19H2,(H2,35,42)(H2,36,43)(H,37,38)/t26-,27?,28?,29-,30+,34?/m0/s1. The van der Waals surface area contributed by atoms with Gasteiger partial charge < -0.3 is 36.3 Å². The smallest absolute Gasteiger partial charge is 0.390 e. The lowest BCUT2D eigenvalue weighted by Gasteiger charge is -2.57. The van der Waals surface area contributed by atoms with Crippen LogP contribution in [-0.4, -0.2) is 67.5 Å². The Hall–Kier alpha value is -3.44. The Morgan fingerprint density at radius 3 is 2.38 bits per heavy atom. The minimum Gasteiger partial charge on any atom is -0.390 e. The monoisotopic (exact) mass is 623 g/mol. The first-order valence-electron chi connectivity index (χ1n) is 16.7. The van der Waals surface area contributed by atoms with Crippen LogP contribution in [0.4, 0.5) is 9.59 Å². The van der Waals surface area contributed by atoms with Crippen LogP contribution in [0.25, 0.3) is 0 Å². The fourth-order valence-corrected chi connectivity index (χ4v) is 8.50. The quantitative estimate of drug-likeness (QED) is 0.208. The van der Waals surface area contributed by atoms with E-state index in [1.165, 1.54) is 17.6 Å². The number of aliphatic hydroxyl groups excluding tert-OH is 2. The van der Waals surface area contributed by atoms with Gasteiger partial charge in [0.15, 0.2) is 0 Å². The second-order valence-electron chi connectivity index (χ2n) is 13.5. The molecule has 11 heteroatoms. The molecule has 2 aliphatic carbocycles. The Morgan fingerprint density at radius 1 is 1.02 bits per heavy atom. The SMILES string of the molecule is NC(=O)OC(=O)N1CCCC([C@H](CC2CCCCC2)[C@@H](O)[C@@H](O)C2CC2)C1(CCc1ccccc1)C(Cc1c[nH]cn1)C(N)=O. The van der Waals surface area contributed by atoms with Gasteiger partial charge in [-0.1, -0.05) is 62.4 Å². The summed E-state index contributed by atoms with van der Waals surface area (Å²) in [5.41, 5.74) is 12.0. The molecule has 5 rings (SSSR count). The number of carbonyl (C=O) groups is 3. The Bertz CT molecular complexity index is 1270. The average Bonchev–Trinajstić information content (AvgIpc) is 3.76. The molecule has 1 aromatic carbocycles. The van der Waals surface area contributed by atoms with Crippen LogP contribution < -0.4 is 11.5 Å². The maximum Gasteiger partial charge on any atom is 0.419 e. The largest absolute Gasteiger partial charge is 0.419 e. The molecule has 7 N–H and O–H groups in total. The number of nitrogens with zero attached hydrogens (tertiary/aromatic N) is 2. The predicted octanol–water partition coefficient (Wildman–Crippen LogP) is 4.07. The lowest BCUT2D eigenvalue weighted by molar-refractivity contribution is -0.142. The molecule has 1 aliphatic heterocycles. The lowest BCUT2D eigenvalue weighted by atomic mass is 9.57. The fourth-order valence-electron chi connectivity index (χ4n) is 8.50. The number of piperidine rings is 1. The van der Waals surface area contributed by atoms with Crippen LogP contribution in [0.3, 0.4) is 0 Å². The van der Waals surface area contributed by atoms with Crippen molar-refractivity contribution in [2.45, 2.75) is 101 Å². The zero-order valence-corrected chi connectivity index (χ0v) is 26.1. The van der Waals surface area contributed by atoms with Gasteiger partial charge in [0, 0.05) is 19.2 Å². The lowest BCUT2D eigenvalue weighted by Crippen LogP contribution is -2.69. The van der Waals surface area contributed by atoms with Crippen molar-refractivity contribution in [3.8, 4) is 0 Å². The molecule has 2 aromatic rings. The van der Waals surface area contributed by atoms with Gasteiger partial charge in [-0.25, -0.2) is 14.6 Å². The summed E-state index contributed by atoms with van der Waals surface area (Å²) >= 11 is 0. The van der Waals surface area contributed by atoms with Crippen molar-refractivity contribution in [2.75, 3.05) is 6.54 Å². The first-order chi connectivity index (χ1) is 21.7. The van der Waals surface area contributed by atoms with Crippen molar-refractivity contribution in [1.29, 1.82) is 0 Å². The van der Waals surface area contributed by atoms with E-state index in [1.807, 2.05) is 30.3 Å². The van der Waals surface area contributed by atoms with Crippen molar-refractivity contribution >= 4 is 18.1 Å². The third kappa shape index (κ3) is 7.69. The number of rotatable bonds is 13. The molecule has 0 bridgehead atoms. The molecule has 0 spiro atoms. The molecular weight excluding hydrogens is 574 g/mol. The molecule has 3 amide bonds. The summed E-state index contributed by atoms with van der Waals surface area (Å²) in [6, 6.07) is 9.80. The van der Waals surface area contributed by atoms with E-state index in [4.69, 9.17) is 16.2 Å². The van der Waals surface area contributed by atoms with Gasteiger partial charge >= 0.3 is 12.2 Å². The molecule has 3 aliphatic rings. The number of hydrogen-bond donors (Lipinski definition) is 5. The van der Waals surface area contributed by atoms with E-state index in [0.717, 1.165) is 44.1 Å². The highest BCUT2D eigenvalue weighted by atomic mass is 16.6. The van der Waals surface area contributed by atoms with Crippen molar-refractivity contribution < 1.29 is 29.3 Å². The van der Waals surface area contributed by atoms with Crippen LogP contribution in [0.5, 0.6) is 0 Å². The molecule has 3 unspecified atom stereocenters. The van der Waals surface area contributed by atoms with E-state index in [0.29, 0.717) is 43.7 Å². The number of H-pyrrole nitrogens is 1. The van der Waals surface area contributed by atoms with Crippen molar-refractivity contribution in [3.05, 3.63) is 54.1 Å². The summed E-state index contributed by atoms with van der Waals surface area (Å²) < 4.78 is 5.04. The highest BCUT2D eigenvalue weighted by Gasteiger charge is 2.59. The molecule has 1 aromatic heterocycles. The predicted molar refractivity (Wildman–Crippen MR) is 167 cm³/mol. The normalized spacial score (nSPS) is 25.2. The van der Waals surface area contributed by atoms with Gasteiger partial charge in [0.05, 0.1) is 35.7 Å². The van der Waals surface area contributed by atoms with Crippen molar-refractivity contribution in [2.24, 2.45) is 41.1 Å². The zero-order valence-electron chi connectivity index (χ0n) is 26.1. The number of aryl methyl sites for hydroxylation is 1. The number of aromatic amines is 1. The van der Waals surface area contributed by atoms with Crippen LogP contribution in [-0.2, 0) is 22.4 Å². The van der Waals surface area contributed by atoms with Gasteiger partial charge in [0.1, 0.15) is 0 Å². The zero-order chi connectivity index (χ0) is 32.0. The van der Waals surface area contributed by atoms with Gasteiger partial charge in [0.25, 0.3) is 0 Å². The second-order valence-corrected chi connectivity index (χ2v) is 13.5. The number of likely N-dealkylation sites (tertiary alicyclic amines) is 1. The summed E-state index contributed by atoms with van der Waals surface area (Å²) in [6.45, 7) is 0.221. The topological polar surface area (TPSA) is 185 Å². The first kappa shape index (κ1) is 32.9. The molecule has 45 heavy (non-hydrogen) atoms. The summed E-state index contributed by atoms with van der Waals surface area (Å²) in [4.78, 5) is 48.4. The number of ether oxygens (including phenoxy) is 1. The number of aliphatic hydroxyl groups is 2. The molecule has 11 nitrogen and oxygen atoms in total. The van der Waals surface area contributed by atoms with Crippen LogP contribution in [0.1, 0.15) is 81.9 Å². The number of amides is 3. The maximum absolute atomic E-state index is 13.9. The summed E-state index contributed by atoms with van der Waals surface area (Å²) in [5.74, 6) is -2.02. The molecule has 1 saturated heterocycles. The van der Waals surface area contributed by atoms with E-state index < -0.39 is 53.6 Å². The Labute approximate surface area is 265 Å². The van der Waals surface area contributed by atoms with E-state index in [-0.39, 0.29) is 18.9 Å². The maximum atomic E-state index is 13.9. The van der Waals surface area contributed by atoms with Gasteiger partial charge in [-0.15, -0.1) is 0 Å². The minimum absolute atomic E-state index is 0.0306. The molecule has 3 fully saturated rings. The highest BCUT2D eigenvalue weighted by molar-refractivity contribution is 5.85. The van der Waals surface area contributed by atoms with Crippen LogP contribution in [0.2, 0.25) is 0 Å². The van der Waals surface area contributed by atoms with E-state index in [2.05, 4.69) is 9.97 Å². The number of hydrogen-bond acceptors (Lipinski definition) is 7. The third-order valence-electron chi connectivity index (χ3n) is 10.8. The number of nitrogens with two attached hydrogens (primary N) is 2. The Balaban J connectivity index is 1.66. The molecular formula is C34H49N5O6. The molecule has 2 saturated carbocycles. The number of aromatic nitrogens is 2. The second kappa shape index (κ2) is 14.8. The first-order valence-corrected chi connectivity index (χ1v) is 16.7. The summed E-state index contributed by atoms with van der Waals surface area (Å²) in [5, 5.41) is 23.4. The minimum atomic E-state index is -1.27. The molecule has 6 atom stereocenters. The number of benzene rings is 1. The molecule has 2 heterocycles. The number of carbonyl (C=O) groups excluding carboxylic acids is 3. The van der Waals surface area contributed by atoms with E-state index in [1.54, 1.807) is 6.20 Å². The van der Waals surface area contributed by atoms with Gasteiger partial charge in [0.2, 0.25) is 5.91 Å². The third-order valence-corrected chi connectivity index (χ3v) is 10.8. The van der Waals surface area contributed by atoms with Crippen molar-refractivity contribution in [1.82, 2.24) is 14.9 Å². The highest BCUT2D eigenvalue weighted by Crippen LogP contribution is 2.52. The molecule has 0 radical (unpaired) electrons. The van der Waals surface area contributed by atoms with Crippen LogP contribution in [0.15, 0.2) is 42.9 Å². The summed E-state index contributed by atoms with van der Waals surface area (Å²) in [6.07, 6.45) is 9.10. The fraction of sp³-hybridized carbons (Fsp3) is 0.647. The average molecular weight is 624 g/mol. The van der Waals surface area contributed by atoms with Gasteiger partial charge in [-0.2, -0.15) is 0 Å². The van der Waals surface area contributed by atoms with Gasteiger partial charge in [-0.3, -0.25) is 4.79 Å². The van der Waals surface area contributed by atoms with Crippen LogP contribution in [0, 0.1) is 29.6 Å². The van der Waals surface area contributed by atoms with Crippen LogP contribution >= 0.6 is 0 Å².